The molecule has 3 rings (SSSR count). The van der Waals surface area contributed by atoms with Gasteiger partial charge in [0, 0.05) is 26.3 Å². The van der Waals surface area contributed by atoms with Gasteiger partial charge in [-0.15, -0.1) is 29.8 Å². The Hall–Kier alpha value is -1.76. The second-order valence-corrected chi connectivity index (χ2v) is 4.00. The molecule has 2 aromatic carbocycles. The van der Waals surface area contributed by atoms with Crippen LogP contribution in [-0.2, 0) is 20.1 Å². The molecular formula is C17H12IrN-. The van der Waals surface area contributed by atoms with Gasteiger partial charge in [-0.2, -0.15) is 0 Å². The van der Waals surface area contributed by atoms with Crippen molar-refractivity contribution in [2.24, 2.45) is 0 Å². The van der Waals surface area contributed by atoms with Gasteiger partial charge in [0.05, 0.1) is 1.37 Å². The van der Waals surface area contributed by atoms with Crippen LogP contribution >= 0.6 is 0 Å². The molecule has 1 nitrogen and oxygen atoms in total. The largest absolute Gasteiger partial charge is 0.305 e. The number of rotatable bonds is 2. The predicted molar refractivity (Wildman–Crippen MR) is 73.9 cm³/mol. The molecular weight excluding hydrogens is 410 g/mol. The molecule has 0 N–H and O–H groups in total. The SMILES string of the molecule is [2H]c1ccc(-c2[c-]cc(-c3ccccc3)cc2)nc1.[Ir]. The van der Waals surface area contributed by atoms with Gasteiger partial charge < -0.3 is 4.98 Å². The zero-order chi connectivity index (χ0) is 13.1. The van der Waals surface area contributed by atoms with E-state index in [1.165, 1.54) is 5.56 Å². The van der Waals surface area contributed by atoms with Gasteiger partial charge in [0.25, 0.3) is 0 Å². The van der Waals surface area contributed by atoms with E-state index in [0.29, 0.717) is 6.04 Å². The molecule has 2 heteroatoms. The van der Waals surface area contributed by atoms with Crippen LogP contribution in [-0.4, -0.2) is 4.98 Å². The molecule has 0 aliphatic rings. The fraction of sp³-hybridized carbons (Fsp3) is 0. The molecule has 0 unspecified atom stereocenters. The topological polar surface area (TPSA) is 12.9 Å². The van der Waals surface area contributed by atoms with E-state index in [0.717, 1.165) is 16.8 Å². The normalized spacial score (nSPS) is 10.4. The van der Waals surface area contributed by atoms with Gasteiger partial charge in [0.1, 0.15) is 0 Å². The maximum Gasteiger partial charge on any atom is 0.0638 e. The zero-order valence-electron chi connectivity index (χ0n) is 11.1. The second kappa shape index (κ2) is 6.42. The van der Waals surface area contributed by atoms with Crippen LogP contribution in [0.4, 0.5) is 0 Å². The fourth-order valence-corrected chi connectivity index (χ4v) is 1.87. The van der Waals surface area contributed by atoms with Gasteiger partial charge in [0.2, 0.25) is 0 Å². The van der Waals surface area contributed by atoms with Crippen molar-refractivity contribution in [2.45, 2.75) is 0 Å². The summed E-state index contributed by atoms with van der Waals surface area (Å²) < 4.78 is 7.43. The molecule has 1 aromatic heterocycles. The van der Waals surface area contributed by atoms with Crippen LogP contribution in [0.2, 0.25) is 0 Å². The predicted octanol–water partition coefficient (Wildman–Crippen LogP) is 4.21. The van der Waals surface area contributed by atoms with E-state index in [9.17, 15) is 0 Å². The molecule has 0 fully saturated rings. The van der Waals surface area contributed by atoms with Crippen LogP contribution < -0.4 is 0 Å². The summed E-state index contributed by atoms with van der Waals surface area (Å²) in [5.74, 6) is 0. The summed E-state index contributed by atoms with van der Waals surface area (Å²) in [5, 5.41) is 0. The Bertz CT molecular complexity index is 664. The first kappa shape index (κ1) is 12.3. The number of aromatic nitrogens is 1. The first-order chi connectivity index (χ1) is 9.33. The third kappa shape index (κ3) is 3.17. The molecule has 0 aliphatic heterocycles. The minimum atomic E-state index is 0. The van der Waals surface area contributed by atoms with Crippen molar-refractivity contribution in [1.82, 2.24) is 4.98 Å². The maximum atomic E-state index is 7.43. The van der Waals surface area contributed by atoms with Crippen LogP contribution in [0.5, 0.6) is 0 Å². The van der Waals surface area contributed by atoms with Gasteiger partial charge in [-0.1, -0.05) is 53.6 Å². The van der Waals surface area contributed by atoms with Gasteiger partial charge in [-0.25, -0.2) is 0 Å². The molecule has 1 heterocycles. The standard InChI is InChI=1S/C17H12N.Ir/c1-2-6-14(7-3-1)15-9-11-16(12-10-15)17-8-4-5-13-18-17;/h1-11,13H;/q-1;/i5D;. The minimum absolute atomic E-state index is 0. The monoisotopic (exact) mass is 424 g/mol. The summed E-state index contributed by atoms with van der Waals surface area (Å²) in [4.78, 5) is 4.23. The summed E-state index contributed by atoms with van der Waals surface area (Å²) in [6, 6.07) is 23.5. The maximum absolute atomic E-state index is 7.43. The summed E-state index contributed by atoms with van der Waals surface area (Å²) in [7, 11) is 0. The van der Waals surface area contributed by atoms with Crippen molar-refractivity contribution in [2.75, 3.05) is 0 Å². The number of pyridine rings is 1. The molecule has 0 saturated carbocycles. The number of nitrogens with zero attached hydrogens (tertiary/aromatic N) is 1. The molecule has 0 spiro atoms. The first-order valence-electron chi connectivity index (χ1n) is 6.33. The Labute approximate surface area is 128 Å². The molecule has 3 aromatic rings. The van der Waals surface area contributed by atoms with Crippen molar-refractivity contribution >= 4 is 0 Å². The van der Waals surface area contributed by atoms with E-state index in [1.807, 2.05) is 36.4 Å². The third-order valence-electron chi connectivity index (χ3n) is 2.81. The quantitative estimate of drug-likeness (QED) is 0.563. The van der Waals surface area contributed by atoms with Crippen LogP contribution in [0.25, 0.3) is 22.4 Å². The van der Waals surface area contributed by atoms with E-state index in [1.54, 1.807) is 12.3 Å². The van der Waals surface area contributed by atoms with E-state index < -0.39 is 0 Å². The van der Waals surface area contributed by atoms with E-state index in [4.69, 9.17) is 1.37 Å². The first-order valence-corrected chi connectivity index (χ1v) is 5.83. The molecule has 19 heavy (non-hydrogen) atoms. The fourth-order valence-electron chi connectivity index (χ4n) is 1.87. The summed E-state index contributed by atoms with van der Waals surface area (Å²) in [6.45, 7) is 0. The third-order valence-corrected chi connectivity index (χ3v) is 2.81. The minimum Gasteiger partial charge on any atom is -0.305 e. The second-order valence-electron chi connectivity index (χ2n) is 4.00. The van der Waals surface area contributed by atoms with Crippen molar-refractivity contribution in [3.8, 4) is 22.4 Å². The molecule has 0 saturated heterocycles. The Morgan fingerprint density at radius 3 is 2.37 bits per heavy atom. The van der Waals surface area contributed by atoms with E-state index >= 15 is 0 Å². The van der Waals surface area contributed by atoms with Crippen LogP contribution in [0, 0.1) is 6.07 Å². The number of hydrogen-bond donors (Lipinski definition) is 0. The van der Waals surface area contributed by atoms with E-state index in [-0.39, 0.29) is 20.1 Å². The van der Waals surface area contributed by atoms with Crippen molar-refractivity contribution in [1.29, 1.82) is 0 Å². The van der Waals surface area contributed by atoms with Gasteiger partial charge >= 0.3 is 0 Å². The summed E-state index contributed by atoms with van der Waals surface area (Å²) in [5.41, 5.74) is 4.11. The molecule has 0 aliphatic carbocycles. The van der Waals surface area contributed by atoms with Gasteiger partial charge in [-0.3, -0.25) is 0 Å². The van der Waals surface area contributed by atoms with Gasteiger partial charge in [-0.05, 0) is 11.7 Å². The zero-order valence-corrected chi connectivity index (χ0v) is 12.5. The van der Waals surface area contributed by atoms with Crippen LogP contribution in [0.1, 0.15) is 1.37 Å². The Kier molecular flexibility index (Phi) is 4.15. The summed E-state index contributed by atoms with van der Waals surface area (Å²) >= 11 is 0. The summed E-state index contributed by atoms with van der Waals surface area (Å²) in [6.07, 6.45) is 1.55. The Morgan fingerprint density at radius 2 is 1.74 bits per heavy atom. The molecule has 0 bridgehead atoms. The average Bonchev–Trinajstić information content (AvgIpc) is 2.49. The van der Waals surface area contributed by atoms with Crippen molar-refractivity contribution in [3.05, 3.63) is 79.0 Å². The average molecular weight is 424 g/mol. The molecule has 0 atom stereocenters. The van der Waals surface area contributed by atoms with E-state index in [2.05, 4.69) is 29.2 Å². The number of hydrogen-bond acceptors (Lipinski definition) is 1. The molecule has 95 valence electrons. The Morgan fingerprint density at radius 1 is 0.895 bits per heavy atom. The van der Waals surface area contributed by atoms with Gasteiger partial charge in [0.15, 0.2) is 0 Å². The number of benzene rings is 2. The van der Waals surface area contributed by atoms with Crippen LogP contribution in [0.15, 0.2) is 72.9 Å². The van der Waals surface area contributed by atoms with Crippen LogP contribution in [0.3, 0.4) is 0 Å². The Balaban J connectivity index is 0.00000147. The van der Waals surface area contributed by atoms with Crippen molar-refractivity contribution < 1.29 is 21.5 Å². The van der Waals surface area contributed by atoms with Crippen molar-refractivity contribution in [3.63, 3.8) is 0 Å². The molecule has 0 amide bonds. The smallest absolute Gasteiger partial charge is 0.0638 e. The molecule has 1 radical (unpaired) electrons.